The summed E-state index contributed by atoms with van der Waals surface area (Å²) in [7, 11) is 0. The van der Waals surface area contributed by atoms with Gasteiger partial charge in [-0.15, -0.1) is 11.3 Å². The maximum Gasteiger partial charge on any atom is 0.256 e. The van der Waals surface area contributed by atoms with E-state index in [1.54, 1.807) is 11.3 Å². The Morgan fingerprint density at radius 2 is 2.06 bits per heavy atom. The van der Waals surface area contributed by atoms with Crippen LogP contribution in [0.4, 0.5) is 5.69 Å². The van der Waals surface area contributed by atoms with Gasteiger partial charge >= 0.3 is 0 Å². The van der Waals surface area contributed by atoms with Crippen molar-refractivity contribution in [3.63, 3.8) is 0 Å². The van der Waals surface area contributed by atoms with Gasteiger partial charge in [-0.1, -0.05) is 18.2 Å². The number of carbonyl (C=O) groups excluding carboxylic acids is 1. The van der Waals surface area contributed by atoms with Crippen molar-refractivity contribution < 1.29 is 4.79 Å². The fourth-order valence-electron chi connectivity index (χ4n) is 1.50. The second-order valence-electron chi connectivity index (χ2n) is 3.66. The Hall–Kier alpha value is -1.65. The molecular formula is C13H14N2OS. The minimum absolute atomic E-state index is 0.0734. The van der Waals surface area contributed by atoms with Crippen LogP contribution >= 0.6 is 11.3 Å². The molecule has 0 saturated heterocycles. The second kappa shape index (κ2) is 5.61. The lowest BCUT2D eigenvalue weighted by molar-refractivity contribution is 0.102. The number of carbonyl (C=O) groups is 1. The van der Waals surface area contributed by atoms with Gasteiger partial charge in [0.25, 0.3) is 5.91 Å². The van der Waals surface area contributed by atoms with E-state index in [-0.39, 0.29) is 5.91 Å². The standard InChI is InChI=1S/C13H14N2OS/c14-7-6-12-8-10(9-17-12)13(16)15-11-4-2-1-3-5-11/h1-5,8-9H,6-7,14H2,(H,15,16). The zero-order valence-electron chi connectivity index (χ0n) is 9.35. The van der Waals surface area contributed by atoms with E-state index in [0.717, 1.165) is 17.0 Å². The fraction of sp³-hybridized carbons (Fsp3) is 0.154. The number of nitrogens with one attached hydrogen (secondary N) is 1. The van der Waals surface area contributed by atoms with E-state index in [1.165, 1.54) is 0 Å². The number of anilines is 1. The Balaban J connectivity index is 2.04. The number of rotatable bonds is 4. The number of para-hydroxylation sites is 1. The predicted octanol–water partition coefficient (Wildman–Crippen LogP) is 2.50. The lowest BCUT2D eigenvalue weighted by atomic mass is 10.2. The van der Waals surface area contributed by atoms with Gasteiger partial charge in [0.15, 0.2) is 0 Å². The van der Waals surface area contributed by atoms with Gasteiger partial charge in [-0.3, -0.25) is 4.79 Å². The van der Waals surface area contributed by atoms with Gasteiger partial charge < -0.3 is 11.1 Å². The summed E-state index contributed by atoms with van der Waals surface area (Å²) in [5.74, 6) is -0.0734. The first-order valence-electron chi connectivity index (χ1n) is 5.43. The van der Waals surface area contributed by atoms with E-state index in [1.807, 2.05) is 41.8 Å². The molecule has 0 radical (unpaired) electrons. The van der Waals surface area contributed by atoms with Crippen LogP contribution in [-0.2, 0) is 6.42 Å². The predicted molar refractivity (Wildman–Crippen MR) is 71.5 cm³/mol. The van der Waals surface area contributed by atoms with Crippen LogP contribution in [0.15, 0.2) is 41.8 Å². The topological polar surface area (TPSA) is 55.1 Å². The van der Waals surface area contributed by atoms with Crippen LogP contribution in [0, 0.1) is 0 Å². The summed E-state index contributed by atoms with van der Waals surface area (Å²) in [6, 6.07) is 11.3. The molecular weight excluding hydrogens is 232 g/mol. The van der Waals surface area contributed by atoms with Crippen molar-refractivity contribution >= 4 is 22.9 Å². The van der Waals surface area contributed by atoms with Gasteiger partial charge in [-0.25, -0.2) is 0 Å². The third-order valence-corrected chi connectivity index (χ3v) is 3.33. The van der Waals surface area contributed by atoms with Crippen molar-refractivity contribution in [1.82, 2.24) is 0 Å². The highest BCUT2D eigenvalue weighted by Gasteiger charge is 2.08. The van der Waals surface area contributed by atoms with Crippen molar-refractivity contribution in [1.29, 1.82) is 0 Å². The van der Waals surface area contributed by atoms with Crippen LogP contribution in [0.2, 0.25) is 0 Å². The average molecular weight is 246 g/mol. The monoisotopic (exact) mass is 246 g/mol. The molecule has 2 aromatic rings. The molecule has 1 amide bonds. The maximum absolute atomic E-state index is 11.9. The summed E-state index contributed by atoms with van der Waals surface area (Å²) >= 11 is 1.57. The van der Waals surface area contributed by atoms with E-state index >= 15 is 0 Å². The van der Waals surface area contributed by atoms with E-state index in [4.69, 9.17) is 5.73 Å². The summed E-state index contributed by atoms with van der Waals surface area (Å²) in [6.45, 7) is 0.611. The smallest absolute Gasteiger partial charge is 0.256 e. The SMILES string of the molecule is NCCc1cc(C(=O)Nc2ccccc2)cs1. The number of benzene rings is 1. The van der Waals surface area contributed by atoms with E-state index in [9.17, 15) is 4.79 Å². The molecule has 0 aliphatic carbocycles. The molecule has 2 rings (SSSR count). The quantitative estimate of drug-likeness (QED) is 0.871. The molecule has 1 heterocycles. The number of hydrogen-bond acceptors (Lipinski definition) is 3. The van der Waals surface area contributed by atoms with Crippen LogP contribution in [-0.4, -0.2) is 12.5 Å². The molecule has 0 aliphatic heterocycles. The van der Waals surface area contributed by atoms with Gasteiger partial charge in [0.05, 0.1) is 5.56 Å². The second-order valence-corrected chi connectivity index (χ2v) is 4.66. The zero-order valence-corrected chi connectivity index (χ0v) is 10.2. The molecule has 0 saturated carbocycles. The Bertz CT molecular complexity index is 493. The number of amides is 1. The lowest BCUT2D eigenvalue weighted by Gasteiger charge is -2.02. The molecule has 0 bridgehead atoms. The Kier molecular flexibility index (Phi) is 3.90. The van der Waals surface area contributed by atoms with Crippen LogP contribution in [0.1, 0.15) is 15.2 Å². The summed E-state index contributed by atoms with van der Waals surface area (Å²) in [5.41, 5.74) is 6.98. The van der Waals surface area contributed by atoms with Gasteiger partial charge in [-0.05, 0) is 31.2 Å². The van der Waals surface area contributed by atoms with E-state index in [2.05, 4.69) is 5.32 Å². The molecule has 17 heavy (non-hydrogen) atoms. The molecule has 88 valence electrons. The van der Waals surface area contributed by atoms with Crippen molar-refractivity contribution in [2.75, 3.05) is 11.9 Å². The highest BCUT2D eigenvalue weighted by atomic mass is 32.1. The Morgan fingerprint density at radius 3 is 2.76 bits per heavy atom. The third-order valence-electron chi connectivity index (χ3n) is 2.34. The van der Waals surface area contributed by atoms with E-state index < -0.39 is 0 Å². The number of nitrogens with two attached hydrogens (primary N) is 1. The van der Waals surface area contributed by atoms with Gasteiger partial charge in [-0.2, -0.15) is 0 Å². The minimum atomic E-state index is -0.0734. The highest BCUT2D eigenvalue weighted by Crippen LogP contribution is 2.16. The van der Waals surface area contributed by atoms with Crippen molar-refractivity contribution in [3.8, 4) is 0 Å². The summed E-state index contributed by atoms with van der Waals surface area (Å²) in [4.78, 5) is 13.0. The first kappa shape index (κ1) is 11.8. The molecule has 0 aliphatic rings. The lowest BCUT2D eigenvalue weighted by Crippen LogP contribution is -2.10. The molecule has 3 nitrogen and oxygen atoms in total. The fourth-order valence-corrected chi connectivity index (χ4v) is 2.38. The minimum Gasteiger partial charge on any atom is -0.330 e. The summed E-state index contributed by atoms with van der Waals surface area (Å²) in [6.07, 6.45) is 0.823. The van der Waals surface area contributed by atoms with Gasteiger partial charge in [0.2, 0.25) is 0 Å². The van der Waals surface area contributed by atoms with Crippen molar-refractivity contribution in [3.05, 3.63) is 52.2 Å². The third kappa shape index (κ3) is 3.15. The Labute approximate surface area is 104 Å². The largest absolute Gasteiger partial charge is 0.330 e. The Morgan fingerprint density at radius 1 is 1.29 bits per heavy atom. The van der Waals surface area contributed by atoms with Gasteiger partial charge in [0, 0.05) is 15.9 Å². The van der Waals surface area contributed by atoms with Crippen LogP contribution < -0.4 is 11.1 Å². The van der Waals surface area contributed by atoms with Gasteiger partial charge in [0.1, 0.15) is 0 Å². The first-order valence-corrected chi connectivity index (χ1v) is 6.31. The summed E-state index contributed by atoms with van der Waals surface area (Å²) in [5, 5.41) is 4.71. The molecule has 3 N–H and O–H groups in total. The average Bonchev–Trinajstić information content (AvgIpc) is 2.79. The molecule has 1 aromatic carbocycles. The van der Waals surface area contributed by atoms with Crippen molar-refractivity contribution in [2.45, 2.75) is 6.42 Å². The summed E-state index contributed by atoms with van der Waals surface area (Å²) < 4.78 is 0. The van der Waals surface area contributed by atoms with E-state index in [0.29, 0.717) is 12.1 Å². The normalized spacial score (nSPS) is 10.2. The molecule has 0 fully saturated rings. The highest BCUT2D eigenvalue weighted by molar-refractivity contribution is 7.10. The molecule has 1 aromatic heterocycles. The maximum atomic E-state index is 11.9. The molecule has 0 spiro atoms. The molecule has 4 heteroatoms. The number of hydrogen-bond donors (Lipinski definition) is 2. The molecule has 0 unspecified atom stereocenters. The van der Waals surface area contributed by atoms with Crippen LogP contribution in [0.5, 0.6) is 0 Å². The van der Waals surface area contributed by atoms with Crippen LogP contribution in [0.3, 0.4) is 0 Å². The zero-order chi connectivity index (χ0) is 12.1. The number of thiophene rings is 1. The van der Waals surface area contributed by atoms with Crippen molar-refractivity contribution in [2.24, 2.45) is 5.73 Å². The van der Waals surface area contributed by atoms with Crippen LogP contribution in [0.25, 0.3) is 0 Å². The molecule has 0 atom stereocenters. The first-order chi connectivity index (χ1) is 8.29.